The van der Waals surface area contributed by atoms with Gasteiger partial charge in [-0.3, -0.25) is 4.98 Å². The topological polar surface area (TPSA) is 106 Å². The van der Waals surface area contributed by atoms with Gasteiger partial charge in [0.1, 0.15) is 4.90 Å². The first kappa shape index (κ1) is 14.4. The lowest BCUT2D eigenvalue weighted by Crippen LogP contribution is -2.50. The van der Waals surface area contributed by atoms with Crippen LogP contribution in [-0.4, -0.2) is 55.2 Å². The van der Waals surface area contributed by atoms with Gasteiger partial charge in [0.05, 0.1) is 31.6 Å². The third-order valence-corrected chi connectivity index (χ3v) is 5.04. The van der Waals surface area contributed by atoms with E-state index in [-0.39, 0.29) is 31.2 Å². The standard InChI is InChI=1S/C11H17N3O4S/c12-6-10-11(2-1-3-13-10)19(16,17)14-4-5-18-8-9(14)7-15/h1-3,9,15H,4-8,12H2. The Bertz CT molecular complexity index is 534. The second kappa shape index (κ2) is 5.93. The molecule has 0 aromatic carbocycles. The van der Waals surface area contributed by atoms with Crippen molar-refractivity contribution in [2.24, 2.45) is 5.73 Å². The van der Waals surface area contributed by atoms with Gasteiger partial charge in [-0.1, -0.05) is 0 Å². The Balaban J connectivity index is 2.40. The zero-order chi connectivity index (χ0) is 13.9. The summed E-state index contributed by atoms with van der Waals surface area (Å²) in [7, 11) is -3.72. The van der Waals surface area contributed by atoms with Gasteiger partial charge in [-0.15, -0.1) is 0 Å². The van der Waals surface area contributed by atoms with E-state index in [2.05, 4.69) is 4.98 Å². The molecule has 1 saturated heterocycles. The summed E-state index contributed by atoms with van der Waals surface area (Å²) in [5.74, 6) is 0. The molecule has 7 nitrogen and oxygen atoms in total. The number of morpholine rings is 1. The molecule has 1 aliphatic rings. The third-order valence-electron chi connectivity index (χ3n) is 3.01. The molecule has 1 atom stereocenters. The second-order valence-corrected chi connectivity index (χ2v) is 6.04. The number of nitrogens with zero attached hydrogens (tertiary/aromatic N) is 2. The summed E-state index contributed by atoms with van der Waals surface area (Å²) >= 11 is 0. The number of pyridine rings is 1. The van der Waals surface area contributed by atoms with Gasteiger partial charge < -0.3 is 15.6 Å². The van der Waals surface area contributed by atoms with Crippen molar-refractivity contribution < 1.29 is 18.3 Å². The molecule has 0 amide bonds. The molecule has 0 aliphatic carbocycles. The van der Waals surface area contributed by atoms with E-state index in [0.29, 0.717) is 12.3 Å². The molecule has 0 bridgehead atoms. The first-order valence-electron chi connectivity index (χ1n) is 5.95. The van der Waals surface area contributed by atoms with Crippen molar-refractivity contribution >= 4 is 10.0 Å². The van der Waals surface area contributed by atoms with Gasteiger partial charge in [-0.2, -0.15) is 4.31 Å². The van der Waals surface area contributed by atoms with E-state index in [1.807, 2.05) is 0 Å². The Hall–Kier alpha value is -1.06. The van der Waals surface area contributed by atoms with Gasteiger partial charge in [0.2, 0.25) is 10.0 Å². The minimum absolute atomic E-state index is 0.0452. The average molecular weight is 287 g/mol. The van der Waals surface area contributed by atoms with Crippen LogP contribution in [0, 0.1) is 0 Å². The minimum atomic E-state index is -3.72. The minimum Gasteiger partial charge on any atom is -0.395 e. The average Bonchev–Trinajstić information content (AvgIpc) is 2.47. The Morgan fingerprint density at radius 3 is 3.05 bits per heavy atom. The van der Waals surface area contributed by atoms with E-state index < -0.39 is 16.1 Å². The van der Waals surface area contributed by atoms with Crippen molar-refractivity contribution in [1.29, 1.82) is 0 Å². The Labute approximate surface area is 112 Å². The summed E-state index contributed by atoms with van der Waals surface area (Å²) < 4.78 is 31.6. The van der Waals surface area contributed by atoms with Crippen LogP contribution in [0.1, 0.15) is 5.69 Å². The molecule has 3 N–H and O–H groups in total. The largest absolute Gasteiger partial charge is 0.395 e. The number of aliphatic hydroxyl groups is 1. The number of aromatic nitrogens is 1. The maximum Gasteiger partial charge on any atom is 0.245 e. The molecule has 1 aromatic heterocycles. The van der Waals surface area contributed by atoms with Crippen LogP contribution in [0.4, 0.5) is 0 Å². The molecular formula is C11H17N3O4S. The third kappa shape index (κ3) is 2.77. The van der Waals surface area contributed by atoms with Gasteiger partial charge in [0.25, 0.3) is 0 Å². The molecule has 19 heavy (non-hydrogen) atoms. The van der Waals surface area contributed by atoms with Gasteiger partial charge in [0.15, 0.2) is 0 Å². The van der Waals surface area contributed by atoms with Crippen LogP contribution in [0.25, 0.3) is 0 Å². The zero-order valence-corrected chi connectivity index (χ0v) is 11.2. The van der Waals surface area contributed by atoms with Crippen molar-refractivity contribution in [2.45, 2.75) is 17.5 Å². The maximum absolute atomic E-state index is 12.6. The number of ether oxygens (including phenoxy) is 1. The van der Waals surface area contributed by atoms with E-state index >= 15 is 0 Å². The Morgan fingerprint density at radius 1 is 1.58 bits per heavy atom. The SMILES string of the molecule is NCc1ncccc1S(=O)(=O)N1CCOCC1CO. The molecule has 2 heterocycles. The van der Waals surface area contributed by atoms with E-state index in [0.717, 1.165) is 0 Å². The smallest absolute Gasteiger partial charge is 0.245 e. The van der Waals surface area contributed by atoms with Gasteiger partial charge in [-0.05, 0) is 12.1 Å². The molecule has 1 aromatic rings. The van der Waals surface area contributed by atoms with Crippen LogP contribution in [0.15, 0.2) is 23.2 Å². The molecule has 2 rings (SSSR count). The fourth-order valence-corrected chi connectivity index (χ4v) is 3.81. The molecule has 1 fully saturated rings. The zero-order valence-electron chi connectivity index (χ0n) is 10.4. The van der Waals surface area contributed by atoms with E-state index in [4.69, 9.17) is 10.5 Å². The Kier molecular flexibility index (Phi) is 4.48. The molecule has 0 spiro atoms. The maximum atomic E-state index is 12.6. The number of sulfonamides is 1. The number of nitrogens with two attached hydrogens (primary N) is 1. The predicted molar refractivity (Wildman–Crippen MR) is 67.7 cm³/mol. The molecule has 1 unspecified atom stereocenters. The summed E-state index contributed by atoms with van der Waals surface area (Å²) in [6.07, 6.45) is 1.50. The van der Waals surface area contributed by atoms with Gasteiger partial charge >= 0.3 is 0 Å². The number of hydrogen-bond acceptors (Lipinski definition) is 6. The molecule has 8 heteroatoms. The highest BCUT2D eigenvalue weighted by Gasteiger charge is 2.35. The second-order valence-electron chi connectivity index (χ2n) is 4.18. The van der Waals surface area contributed by atoms with Gasteiger partial charge in [-0.25, -0.2) is 8.42 Å². The van der Waals surface area contributed by atoms with Crippen molar-refractivity contribution in [3.05, 3.63) is 24.0 Å². The number of aliphatic hydroxyl groups excluding tert-OH is 1. The monoisotopic (exact) mass is 287 g/mol. The lowest BCUT2D eigenvalue weighted by molar-refractivity contribution is 0.0109. The highest BCUT2D eigenvalue weighted by atomic mass is 32.2. The van der Waals surface area contributed by atoms with Crippen molar-refractivity contribution in [2.75, 3.05) is 26.4 Å². The highest BCUT2D eigenvalue weighted by molar-refractivity contribution is 7.89. The summed E-state index contributed by atoms with van der Waals surface area (Å²) in [4.78, 5) is 4.08. The van der Waals surface area contributed by atoms with Crippen LogP contribution in [0.2, 0.25) is 0 Å². The molecule has 1 aliphatic heterocycles. The van der Waals surface area contributed by atoms with Crippen LogP contribution in [0.5, 0.6) is 0 Å². The molecular weight excluding hydrogens is 270 g/mol. The van der Waals surface area contributed by atoms with E-state index in [9.17, 15) is 13.5 Å². The highest BCUT2D eigenvalue weighted by Crippen LogP contribution is 2.22. The van der Waals surface area contributed by atoms with Crippen molar-refractivity contribution in [3.8, 4) is 0 Å². The predicted octanol–water partition coefficient (Wildman–Crippen LogP) is -1.08. The fourth-order valence-electron chi connectivity index (χ4n) is 2.04. The normalized spacial score (nSPS) is 21.5. The van der Waals surface area contributed by atoms with Crippen LogP contribution >= 0.6 is 0 Å². The van der Waals surface area contributed by atoms with Crippen LogP contribution < -0.4 is 5.73 Å². The summed E-state index contributed by atoms with van der Waals surface area (Å²) in [5, 5.41) is 9.27. The molecule has 0 radical (unpaired) electrons. The quantitative estimate of drug-likeness (QED) is 0.730. The van der Waals surface area contributed by atoms with E-state index in [1.54, 1.807) is 6.07 Å². The lowest BCUT2D eigenvalue weighted by Gasteiger charge is -2.33. The fraction of sp³-hybridized carbons (Fsp3) is 0.545. The lowest BCUT2D eigenvalue weighted by atomic mass is 10.3. The molecule has 0 saturated carbocycles. The van der Waals surface area contributed by atoms with Gasteiger partial charge in [0, 0.05) is 19.3 Å². The summed E-state index contributed by atoms with van der Waals surface area (Å²) in [6.45, 7) is 0.482. The first-order chi connectivity index (χ1) is 9.11. The van der Waals surface area contributed by atoms with E-state index in [1.165, 1.54) is 16.6 Å². The van der Waals surface area contributed by atoms with Crippen molar-refractivity contribution in [1.82, 2.24) is 9.29 Å². The molecule has 106 valence electrons. The number of hydrogen-bond donors (Lipinski definition) is 2. The summed E-state index contributed by atoms with van der Waals surface area (Å²) in [5.41, 5.74) is 5.85. The Morgan fingerprint density at radius 2 is 2.37 bits per heavy atom. The summed E-state index contributed by atoms with van der Waals surface area (Å²) in [6, 6.07) is 2.47. The number of rotatable bonds is 4. The van der Waals surface area contributed by atoms with Crippen LogP contribution in [-0.2, 0) is 21.3 Å². The van der Waals surface area contributed by atoms with Crippen LogP contribution in [0.3, 0.4) is 0 Å². The first-order valence-corrected chi connectivity index (χ1v) is 7.39. The van der Waals surface area contributed by atoms with Crippen molar-refractivity contribution in [3.63, 3.8) is 0 Å².